The minimum Gasteiger partial charge on any atom is -0.505 e. The summed E-state index contributed by atoms with van der Waals surface area (Å²) >= 11 is 12.0. The third-order valence-electron chi connectivity index (χ3n) is 4.37. The van der Waals surface area contributed by atoms with Gasteiger partial charge in [-0.25, -0.2) is 4.79 Å². The molecule has 0 unspecified atom stereocenters. The van der Waals surface area contributed by atoms with Gasteiger partial charge in [-0.2, -0.15) is 0 Å². The van der Waals surface area contributed by atoms with Crippen LogP contribution in [0.5, 0.6) is 5.75 Å². The molecule has 1 aliphatic heterocycles. The van der Waals surface area contributed by atoms with Crippen LogP contribution < -0.4 is 0 Å². The molecule has 1 fully saturated rings. The molecule has 0 amide bonds. The highest BCUT2D eigenvalue weighted by Crippen LogP contribution is 2.45. The molecule has 1 aromatic carbocycles. The van der Waals surface area contributed by atoms with Gasteiger partial charge in [0.15, 0.2) is 18.1 Å². The van der Waals surface area contributed by atoms with Gasteiger partial charge in [-0.15, -0.1) is 4.91 Å². The molecule has 0 saturated carbocycles. The van der Waals surface area contributed by atoms with Gasteiger partial charge in [0.2, 0.25) is 0 Å². The number of benzene rings is 1. The summed E-state index contributed by atoms with van der Waals surface area (Å²) in [6, 6.07) is 0. The number of hydrogen-bond acceptors (Lipinski definition) is 9. The van der Waals surface area contributed by atoms with Crippen LogP contribution in [0, 0.1) is 4.91 Å². The third-order valence-corrected chi connectivity index (χ3v) is 5.13. The van der Waals surface area contributed by atoms with Crippen LogP contribution in [-0.4, -0.2) is 59.1 Å². The number of aliphatic hydroxyl groups is 2. The van der Waals surface area contributed by atoms with Crippen LogP contribution in [0.3, 0.4) is 0 Å². The van der Waals surface area contributed by atoms with E-state index >= 15 is 0 Å². The van der Waals surface area contributed by atoms with Crippen molar-refractivity contribution in [3.8, 4) is 5.75 Å². The van der Waals surface area contributed by atoms with Gasteiger partial charge in [0, 0.05) is 7.11 Å². The molecular weight excluding hydrogens is 405 g/mol. The molecule has 0 aliphatic carbocycles. The fourth-order valence-corrected chi connectivity index (χ4v) is 3.55. The average Bonchev–Trinajstić information content (AvgIpc) is 2.62. The normalized spacial score (nSPS) is 28.0. The van der Waals surface area contributed by atoms with Crippen molar-refractivity contribution in [3.05, 3.63) is 26.1 Å². The Hall–Kier alpha value is -1.49. The van der Waals surface area contributed by atoms with E-state index in [1.54, 1.807) is 6.92 Å². The fourth-order valence-electron chi connectivity index (χ4n) is 2.92. The average molecular weight is 424 g/mol. The van der Waals surface area contributed by atoms with Crippen LogP contribution >= 0.6 is 23.2 Å². The topological polar surface area (TPSA) is 135 Å². The van der Waals surface area contributed by atoms with Crippen molar-refractivity contribution in [1.82, 2.24) is 0 Å². The third kappa shape index (κ3) is 3.89. The van der Waals surface area contributed by atoms with Gasteiger partial charge >= 0.3 is 5.97 Å². The van der Waals surface area contributed by atoms with Crippen LogP contribution in [0.15, 0.2) is 5.18 Å². The SMILES string of the molecule is CCc1c(Cl)c(N=O)c(Cl)c(O)c1C(=O)O[C@H]1[C@H](O)[C@@H](C)O[C@@H](O)[C@H]1OC. The lowest BCUT2D eigenvalue weighted by Crippen LogP contribution is -2.58. The Balaban J connectivity index is 2.47. The van der Waals surface area contributed by atoms with E-state index in [0.29, 0.717) is 0 Å². The molecule has 1 saturated heterocycles. The van der Waals surface area contributed by atoms with E-state index in [1.165, 1.54) is 14.0 Å². The van der Waals surface area contributed by atoms with E-state index in [4.69, 9.17) is 37.4 Å². The van der Waals surface area contributed by atoms with Gasteiger partial charge in [0.1, 0.15) is 28.5 Å². The molecule has 0 radical (unpaired) electrons. The van der Waals surface area contributed by atoms with Crippen molar-refractivity contribution < 1.29 is 34.3 Å². The van der Waals surface area contributed by atoms with Crippen molar-refractivity contribution in [3.63, 3.8) is 0 Å². The molecular formula is C16H19Cl2NO8. The van der Waals surface area contributed by atoms with E-state index in [1.807, 2.05) is 0 Å². The number of hydrogen-bond donors (Lipinski definition) is 3. The summed E-state index contributed by atoms with van der Waals surface area (Å²) in [5, 5.41) is 32.5. The Labute approximate surface area is 164 Å². The lowest BCUT2D eigenvalue weighted by atomic mass is 9.98. The minimum absolute atomic E-state index is 0.0993. The lowest BCUT2D eigenvalue weighted by Gasteiger charge is -2.40. The number of esters is 1. The van der Waals surface area contributed by atoms with Crippen molar-refractivity contribution in [2.75, 3.05) is 7.11 Å². The summed E-state index contributed by atoms with van der Waals surface area (Å²) in [4.78, 5) is 23.7. The maximum Gasteiger partial charge on any atom is 0.342 e. The standard InChI is InChI=1S/C16H19Cl2NO8/c1-4-6-7(12(21)9(18)10(19-24)8(6)17)15(22)27-13-11(20)5(2)26-16(23)14(13)25-3/h5,11,13-14,16,20-21,23H,4H2,1-3H3/t5-,11-,13+,14+,16-/m1/s1. The van der Waals surface area contributed by atoms with Crippen LogP contribution in [0.1, 0.15) is 29.8 Å². The Kier molecular flexibility index (Phi) is 7.01. The summed E-state index contributed by atoms with van der Waals surface area (Å²) in [7, 11) is 1.24. The number of rotatable bonds is 5. The summed E-state index contributed by atoms with van der Waals surface area (Å²) in [5.74, 6) is -1.79. The van der Waals surface area contributed by atoms with Crippen molar-refractivity contribution in [2.24, 2.45) is 5.18 Å². The molecule has 1 aliphatic rings. The Bertz CT molecular complexity index is 744. The van der Waals surface area contributed by atoms with Gasteiger partial charge in [-0.3, -0.25) is 0 Å². The molecule has 2 rings (SSSR count). The predicted octanol–water partition coefficient (Wildman–Crippen LogP) is 2.30. The number of aromatic hydroxyl groups is 1. The molecule has 1 aromatic rings. The maximum absolute atomic E-state index is 12.7. The van der Waals surface area contributed by atoms with Gasteiger partial charge in [0.05, 0.1) is 11.1 Å². The molecule has 9 nitrogen and oxygen atoms in total. The summed E-state index contributed by atoms with van der Waals surface area (Å²) in [5.41, 5.74) is -0.660. The summed E-state index contributed by atoms with van der Waals surface area (Å²) in [6.45, 7) is 3.11. The van der Waals surface area contributed by atoms with E-state index < -0.39 is 53.1 Å². The van der Waals surface area contributed by atoms with Crippen molar-refractivity contribution in [2.45, 2.75) is 51.0 Å². The van der Waals surface area contributed by atoms with Crippen molar-refractivity contribution >= 4 is 34.9 Å². The number of carbonyl (C=O) groups is 1. The number of carbonyl (C=O) groups excluding carboxylic acids is 1. The molecule has 0 bridgehead atoms. The number of methoxy groups -OCH3 is 1. The number of nitroso groups, excluding NO2 is 1. The van der Waals surface area contributed by atoms with E-state index in [2.05, 4.69) is 5.18 Å². The van der Waals surface area contributed by atoms with Gasteiger partial charge in [-0.05, 0) is 24.1 Å². The summed E-state index contributed by atoms with van der Waals surface area (Å²) < 4.78 is 15.5. The molecule has 3 N–H and O–H groups in total. The largest absolute Gasteiger partial charge is 0.505 e. The second-order valence-corrected chi connectivity index (χ2v) is 6.67. The molecule has 11 heteroatoms. The predicted molar refractivity (Wildman–Crippen MR) is 95.5 cm³/mol. The second-order valence-electron chi connectivity index (χ2n) is 5.92. The highest BCUT2D eigenvalue weighted by Gasteiger charge is 2.46. The Morgan fingerprint density at radius 2 is 1.89 bits per heavy atom. The number of aliphatic hydroxyl groups excluding tert-OH is 2. The number of phenols is 1. The van der Waals surface area contributed by atoms with Gasteiger partial charge in [-0.1, -0.05) is 30.1 Å². The zero-order valence-corrected chi connectivity index (χ0v) is 16.2. The number of halogens is 2. The quantitative estimate of drug-likeness (QED) is 0.484. The fraction of sp³-hybridized carbons (Fsp3) is 0.562. The lowest BCUT2D eigenvalue weighted by molar-refractivity contribution is -0.282. The molecule has 27 heavy (non-hydrogen) atoms. The molecule has 150 valence electrons. The monoisotopic (exact) mass is 423 g/mol. The zero-order valence-electron chi connectivity index (χ0n) is 14.7. The highest BCUT2D eigenvalue weighted by atomic mass is 35.5. The van der Waals surface area contributed by atoms with Gasteiger partial charge < -0.3 is 29.5 Å². The number of ether oxygens (including phenoxy) is 3. The molecule has 0 spiro atoms. The summed E-state index contributed by atoms with van der Waals surface area (Å²) in [6.07, 6.45) is -5.92. The minimum atomic E-state index is -1.45. The first kappa shape index (κ1) is 21.8. The first-order chi connectivity index (χ1) is 12.7. The molecule has 5 atom stereocenters. The maximum atomic E-state index is 12.7. The Morgan fingerprint density at radius 1 is 1.26 bits per heavy atom. The number of nitrogens with zero attached hydrogens (tertiary/aromatic N) is 1. The van der Waals surface area contributed by atoms with Crippen molar-refractivity contribution in [1.29, 1.82) is 0 Å². The molecule has 1 heterocycles. The van der Waals surface area contributed by atoms with Crippen LogP contribution in [0.25, 0.3) is 0 Å². The smallest absolute Gasteiger partial charge is 0.342 e. The first-order valence-electron chi connectivity index (χ1n) is 8.00. The first-order valence-corrected chi connectivity index (χ1v) is 8.76. The van der Waals surface area contributed by atoms with Crippen LogP contribution in [0.2, 0.25) is 10.0 Å². The van der Waals surface area contributed by atoms with Crippen LogP contribution in [-0.2, 0) is 20.6 Å². The zero-order chi connectivity index (χ0) is 20.5. The Morgan fingerprint density at radius 3 is 2.41 bits per heavy atom. The van der Waals surface area contributed by atoms with E-state index in [-0.39, 0.29) is 22.6 Å². The van der Waals surface area contributed by atoms with Crippen LogP contribution in [0.4, 0.5) is 5.69 Å². The number of phenolic OH excluding ortho intramolecular Hbond substituents is 1. The highest BCUT2D eigenvalue weighted by molar-refractivity contribution is 6.41. The second kappa shape index (κ2) is 8.68. The van der Waals surface area contributed by atoms with Gasteiger partial charge in [0.25, 0.3) is 0 Å². The van der Waals surface area contributed by atoms with E-state index in [0.717, 1.165) is 0 Å². The van der Waals surface area contributed by atoms with E-state index in [9.17, 15) is 25.0 Å². The molecule has 0 aromatic heterocycles.